The second-order valence-corrected chi connectivity index (χ2v) is 9.26. The lowest BCUT2D eigenvalue weighted by Crippen LogP contribution is -2.29. The Hall–Kier alpha value is -2.28. The molecule has 1 saturated carbocycles. The first-order chi connectivity index (χ1) is 16.4. The van der Waals surface area contributed by atoms with Crippen molar-refractivity contribution in [2.75, 3.05) is 13.7 Å². The van der Waals surface area contributed by atoms with Crippen LogP contribution in [-0.2, 0) is 17.7 Å². The van der Waals surface area contributed by atoms with Crippen molar-refractivity contribution in [2.24, 2.45) is 0 Å². The minimum Gasteiger partial charge on any atom is -0.496 e. The number of carbonyl (C=O) groups is 1. The van der Waals surface area contributed by atoms with E-state index >= 15 is 0 Å². The van der Waals surface area contributed by atoms with E-state index in [0.29, 0.717) is 35.1 Å². The molecule has 0 aromatic heterocycles. The Morgan fingerprint density at radius 1 is 1.21 bits per heavy atom. The highest BCUT2D eigenvalue weighted by atomic mass is 35.5. The van der Waals surface area contributed by atoms with Crippen molar-refractivity contribution in [1.29, 1.82) is 0 Å². The summed E-state index contributed by atoms with van der Waals surface area (Å²) in [6, 6.07) is 11.0. The monoisotopic (exact) mass is 489 g/mol. The number of hydrogen-bond donors (Lipinski definition) is 2. The van der Waals surface area contributed by atoms with Crippen LogP contribution in [0.2, 0.25) is 5.02 Å². The number of ether oxygens (including phenoxy) is 3. The molecule has 2 unspecified atom stereocenters. The van der Waals surface area contributed by atoms with Gasteiger partial charge in [0.05, 0.1) is 36.0 Å². The number of hydrogen-bond acceptors (Lipinski definition) is 5. The van der Waals surface area contributed by atoms with E-state index in [1.165, 1.54) is 12.8 Å². The van der Waals surface area contributed by atoms with Crippen LogP contribution in [0.15, 0.2) is 36.4 Å². The van der Waals surface area contributed by atoms with Crippen molar-refractivity contribution in [1.82, 2.24) is 5.32 Å². The van der Waals surface area contributed by atoms with Gasteiger partial charge in [-0.05, 0) is 68.9 Å². The number of benzene rings is 2. The van der Waals surface area contributed by atoms with Crippen molar-refractivity contribution in [2.45, 2.75) is 77.2 Å². The molecule has 0 bridgehead atoms. The van der Waals surface area contributed by atoms with E-state index in [9.17, 15) is 9.90 Å². The normalized spacial score (nSPS) is 15.7. The molecule has 0 aliphatic heterocycles. The zero-order valence-electron chi connectivity index (χ0n) is 20.3. The average Bonchev–Trinajstić information content (AvgIpc) is 3.33. The molecule has 0 radical (unpaired) electrons. The van der Waals surface area contributed by atoms with Crippen molar-refractivity contribution < 1.29 is 24.1 Å². The molecule has 2 aromatic carbocycles. The summed E-state index contributed by atoms with van der Waals surface area (Å²) in [6.07, 6.45) is 5.31. The Morgan fingerprint density at radius 3 is 2.62 bits per heavy atom. The van der Waals surface area contributed by atoms with Crippen LogP contribution >= 0.6 is 11.6 Å². The topological polar surface area (TPSA) is 77.0 Å². The van der Waals surface area contributed by atoms with Gasteiger partial charge in [-0.3, -0.25) is 4.79 Å². The van der Waals surface area contributed by atoms with E-state index < -0.39 is 6.10 Å². The second kappa shape index (κ2) is 13.0. The number of aliphatic hydroxyl groups is 1. The highest BCUT2D eigenvalue weighted by Gasteiger charge is 2.19. The molecule has 6 nitrogen and oxygen atoms in total. The summed E-state index contributed by atoms with van der Waals surface area (Å²) in [7, 11) is 1.60. The van der Waals surface area contributed by atoms with Crippen molar-refractivity contribution in [3.8, 4) is 11.5 Å². The second-order valence-electron chi connectivity index (χ2n) is 8.85. The Morgan fingerprint density at radius 2 is 1.97 bits per heavy atom. The number of methoxy groups -OCH3 is 1. The van der Waals surface area contributed by atoms with Crippen LogP contribution in [0.4, 0.5) is 0 Å². The average molecular weight is 490 g/mol. The number of rotatable bonds is 12. The highest BCUT2D eigenvalue weighted by Crippen LogP contribution is 2.28. The van der Waals surface area contributed by atoms with Gasteiger partial charge in [-0.25, -0.2) is 0 Å². The van der Waals surface area contributed by atoms with Gasteiger partial charge in [-0.15, -0.1) is 0 Å². The Labute approximate surface area is 207 Å². The van der Waals surface area contributed by atoms with E-state index in [0.717, 1.165) is 30.4 Å². The van der Waals surface area contributed by atoms with Crippen LogP contribution < -0.4 is 14.8 Å². The van der Waals surface area contributed by atoms with E-state index in [1.807, 2.05) is 25.1 Å². The first-order valence-electron chi connectivity index (χ1n) is 12.1. The third-order valence-corrected chi connectivity index (χ3v) is 6.40. The minimum absolute atomic E-state index is 0.233. The van der Waals surface area contributed by atoms with Crippen molar-refractivity contribution in [3.05, 3.63) is 58.1 Å². The molecular formula is C27H36ClNO5. The van der Waals surface area contributed by atoms with Gasteiger partial charge in [-0.1, -0.05) is 30.7 Å². The van der Waals surface area contributed by atoms with Crippen LogP contribution in [0, 0.1) is 0 Å². The summed E-state index contributed by atoms with van der Waals surface area (Å²) in [4.78, 5) is 12.8. The van der Waals surface area contributed by atoms with Gasteiger partial charge in [0.15, 0.2) is 0 Å². The van der Waals surface area contributed by atoms with Gasteiger partial charge in [0.25, 0.3) is 5.91 Å². The van der Waals surface area contributed by atoms with Gasteiger partial charge >= 0.3 is 0 Å². The number of aliphatic hydroxyl groups excluding tert-OH is 1. The molecule has 1 amide bonds. The molecule has 7 heteroatoms. The van der Waals surface area contributed by atoms with Crippen LogP contribution in [-0.4, -0.2) is 43.0 Å². The van der Waals surface area contributed by atoms with Gasteiger partial charge < -0.3 is 24.6 Å². The molecule has 0 heterocycles. The van der Waals surface area contributed by atoms with Gasteiger partial charge in [-0.2, -0.15) is 0 Å². The van der Waals surface area contributed by atoms with E-state index in [1.54, 1.807) is 32.2 Å². The predicted molar refractivity (Wildman–Crippen MR) is 134 cm³/mol. The third-order valence-electron chi connectivity index (χ3n) is 6.09. The maximum Gasteiger partial charge on any atom is 0.253 e. The molecule has 2 aromatic rings. The molecule has 2 N–H and O–H groups in total. The summed E-state index contributed by atoms with van der Waals surface area (Å²) in [5, 5.41) is 13.4. The minimum atomic E-state index is -0.584. The predicted octanol–water partition coefficient (Wildman–Crippen LogP) is 5.32. The first kappa shape index (κ1) is 26.3. The van der Waals surface area contributed by atoms with Crippen LogP contribution in [0.25, 0.3) is 0 Å². The number of nitrogens with one attached hydrogen (secondary N) is 1. The summed E-state index contributed by atoms with van der Waals surface area (Å²) in [5.74, 6) is 1.11. The molecule has 34 heavy (non-hydrogen) atoms. The molecule has 1 aliphatic carbocycles. The van der Waals surface area contributed by atoms with Gasteiger partial charge in [0.2, 0.25) is 0 Å². The summed E-state index contributed by atoms with van der Waals surface area (Å²) >= 11 is 6.40. The van der Waals surface area contributed by atoms with Crippen molar-refractivity contribution in [3.63, 3.8) is 0 Å². The molecule has 3 rings (SSSR count). The Balaban J connectivity index is 1.65. The third kappa shape index (κ3) is 7.36. The lowest BCUT2D eigenvalue weighted by atomic mass is 10.0. The van der Waals surface area contributed by atoms with Crippen LogP contribution in [0.1, 0.15) is 67.4 Å². The van der Waals surface area contributed by atoms with Crippen LogP contribution in [0.5, 0.6) is 11.5 Å². The fraction of sp³-hybridized carbons (Fsp3) is 0.519. The highest BCUT2D eigenvalue weighted by molar-refractivity contribution is 6.34. The largest absolute Gasteiger partial charge is 0.496 e. The molecule has 1 fully saturated rings. The summed E-state index contributed by atoms with van der Waals surface area (Å²) < 4.78 is 17.3. The first-order valence-corrected chi connectivity index (χ1v) is 12.5. The fourth-order valence-corrected chi connectivity index (χ4v) is 4.45. The fourth-order valence-electron chi connectivity index (χ4n) is 4.19. The SMILES string of the molecule is CCCOC(Cc1ccc(OC)c(CNC(=O)c2ccc(OC3CCCC3)cc2Cl)c1)C(C)O. The summed E-state index contributed by atoms with van der Waals surface area (Å²) in [5.41, 5.74) is 2.24. The van der Waals surface area contributed by atoms with Crippen LogP contribution in [0.3, 0.4) is 0 Å². The Kier molecular flexibility index (Phi) is 10.1. The summed E-state index contributed by atoms with van der Waals surface area (Å²) in [6.45, 7) is 4.65. The number of carbonyl (C=O) groups excluding carboxylic acids is 1. The smallest absolute Gasteiger partial charge is 0.253 e. The Bertz CT molecular complexity index is 943. The maximum absolute atomic E-state index is 12.8. The van der Waals surface area contributed by atoms with Gasteiger partial charge in [0.1, 0.15) is 11.5 Å². The lowest BCUT2D eigenvalue weighted by Gasteiger charge is -2.21. The molecule has 186 valence electrons. The standard InChI is InChI=1S/C27H36ClNO5/c1-4-13-33-26(18(2)30)15-19-9-12-25(32-3)20(14-19)17-29-27(31)23-11-10-22(16-24(23)28)34-21-7-5-6-8-21/h9-12,14,16,18,21,26,30H,4-8,13,15,17H2,1-3H3,(H,29,31). The van der Waals surface area contributed by atoms with E-state index in [4.69, 9.17) is 25.8 Å². The van der Waals surface area contributed by atoms with Gasteiger partial charge in [0, 0.05) is 25.1 Å². The molecule has 0 spiro atoms. The maximum atomic E-state index is 12.8. The van der Waals surface area contributed by atoms with E-state index in [-0.39, 0.29) is 24.7 Å². The number of amides is 1. The number of halogens is 1. The lowest BCUT2D eigenvalue weighted by molar-refractivity contribution is -0.0283. The molecule has 2 atom stereocenters. The quantitative estimate of drug-likeness (QED) is 0.422. The molecular weight excluding hydrogens is 454 g/mol. The van der Waals surface area contributed by atoms with E-state index in [2.05, 4.69) is 5.32 Å². The molecule has 0 saturated heterocycles. The molecule has 1 aliphatic rings. The van der Waals surface area contributed by atoms with Crippen molar-refractivity contribution >= 4 is 17.5 Å². The zero-order valence-corrected chi connectivity index (χ0v) is 21.1. The zero-order chi connectivity index (χ0) is 24.5.